The quantitative estimate of drug-likeness (QED) is 0.832. The first-order valence-corrected chi connectivity index (χ1v) is 8.55. The molecule has 0 aliphatic carbocycles. The third-order valence-electron chi connectivity index (χ3n) is 3.29. The molecule has 3 nitrogen and oxygen atoms in total. The summed E-state index contributed by atoms with van der Waals surface area (Å²) in [5.41, 5.74) is 0. The van der Waals surface area contributed by atoms with Gasteiger partial charge in [-0.3, -0.25) is 0 Å². The van der Waals surface area contributed by atoms with Gasteiger partial charge >= 0.3 is 0 Å². The van der Waals surface area contributed by atoms with Gasteiger partial charge in [0.05, 0.1) is 9.92 Å². The van der Waals surface area contributed by atoms with E-state index in [1.54, 1.807) is 22.5 Å². The first-order chi connectivity index (χ1) is 8.46. The lowest BCUT2D eigenvalue weighted by Crippen LogP contribution is -2.35. The zero-order chi connectivity index (χ0) is 13.3. The Balaban J connectivity index is 2.38. The Hall–Kier alpha value is -0.100. The van der Waals surface area contributed by atoms with Crippen molar-refractivity contribution in [3.63, 3.8) is 0 Å². The summed E-state index contributed by atoms with van der Waals surface area (Å²) < 4.78 is 27.3. The second-order valence-electron chi connectivity index (χ2n) is 4.40. The Morgan fingerprint density at radius 2 is 2.22 bits per heavy atom. The zero-order valence-corrected chi connectivity index (χ0v) is 13.2. The molecule has 18 heavy (non-hydrogen) atoms. The van der Waals surface area contributed by atoms with Gasteiger partial charge in [-0.15, -0.1) is 0 Å². The minimum atomic E-state index is -3.39. The molecule has 100 valence electrons. The highest BCUT2D eigenvalue weighted by molar-refractivity contribution is 9.10. The molecule has 0 spiro atoms. The molecule has 1 fully saturated rings. The van der Waals surface area contributed by atoms with Crippen LogP contribution in [0.25, 0.3) is 0 Å². The van der Waals surface area contributed by atoms with Gasteiger partial charge in [0.1, 0.15) is 0 Å². The first kappa shape index (κ1) is 14.3. The lowest BCUT2D eigenvalue weighted by atomic mass is 10.2. The van der Waals surface area contributed by atoms with Gasteiger partial charge < -0.3 is 0 Å². The number of hydrogen-bond acceptors (Lipinski definition) is 2. The van der Waals surface area contributed by atoms with Crippen LogP contribution in [0, 0.1) is 0 Å². The maximum Gasteiger partial charge on any atom is 0.243 e. The summed E-state index contributed by atoms with van der Waals surface area (Å²) in [6.45, 7) is 2.64. The highest BCUT2D eigenvalue weighted by atomic mass is 79.9. The van der Waals surface area contributed by atoms with E-state index >= 15 is 0 Å². The second-order valence-corrected chi connectivity index (χ2v) is 7.55. The van der Waals surface area contributed by atoms with Crippen LogP contribution >= 0.6 is 27.5 Å². The standard InChI is InChI=1S/C12H15BrClNO2S/c1-2-9-4-3-7-15(9)18(16,17)10-5-6-12(14)11(13)8-10/h5-6,8-9H,2-4,7H2,1H3. The van der Waals surface area contributed by atoms with Crippen LogP contribution in [0.1, 0.15) is 26.2 Å². The minimum Gasteiger partial charge on any atom is -0.207 e. The molecular formula is C12H15BrClNO2S. The van der Waals surface area contributed by atoms with E-state index < -0.39 is 10.0 Å². The molecule has 1 heterocycles. The molecule has 1 atom stereocenters. The number of nitrogens with zero attached hydrogens (tertiary/aromatic N) is 1. The Labute approximate surface area is 121 Å². The lowest BCUT2D eigenvalue weighted by molar-refractivity contribution is 0.379. The molecule has 6 heteroatoms. The average Bonchev–Trinajstić information content (AvgIpc) is 2.81. The highest BCUT2D eigenvalue weighted by Gasteiger charge is 2.34. The van der Waals surface area contributed by atoms with Gasteiger partial charge in [0.2, 0.25) is 10.0 Å². The van der Waals surface area contributed by atoms with Crippen LogP contribution in [0.5, 0.6) is 0 Å². The summed E-state index contributed by atoms with van der Waals surface area (Å²) in [5.74, 6) is 0. The van der Waals surface area contributed by atoms with E-state index in [0.29, 0.717) is 20.9 Å². The van der Waals surface area contributed by atoms with Crippen LogP contribution in [0.2, 0.25) is 5.02 Å². The van der Waals surface area contributed by atoms with Crippen molar-refractivity contribution in [1.82, 2.24) is 4.31 Å². The molecule has 2 rings (SSSR count). The van der Waals surface area contributed by atoms with Crippen molar-refractivity contribution in [3.05, 3.63) is 27.7 Å². The summed E-state index contributed by atoms with van der Waals surface area (Å²) in [6.07, 6.45) is 2.74. The summed E-state index contributed by atoms with van der Waals surface area (Å²) in [6, 6.07) is 4.87. The van der Waals surface area contributed by atoms with Gasteiger partial charge in [0.25, 0.3) is 0 Å². The molecule has 1 unspecified atom stereocenters. The lowest BCUT2D eigenvalue weighted by Gasteiger charge is -2.23. The van der Waals surface area contributed by atoms with E-state index in [4.69, 9.17) is 11.6 Å². The minimum absolute atomic E-state index is 0.129. The molecule has 0 radical (unpaired) electrons. The number of benzene rings is 1. The predicted octanol–water partition coefficient (Wildman–Crippen LogP) is 3.67. The van der Waals surface area contributed by atoms with Gasteiger partial charge in [-0.2, -0.15) is 4.31 Å². The van der Waals surface area contributed by atoms with E-state index in [-0.39, 0.29) is 6.04 Å². The van der Waals surface area contributed by atoms with Crippen molar-refractivity contribution in [1.29, 1.82) is 0 Å². The fraction of sp³-hybridized carbons (Fsp3) is 0.500. The summed E-state index contributed by atoms with van der Waals surface area (Å²) in [4.78, 5) is 0.305. The average molecular weight is 353 g/mol. The molecule has 0 bridgehead atoms. The van der Waals surface area contributed by atoms with E-state index in [9.17, 15) is 8.42 Å². The molecule has 1 aliphatic heterocycles. The summed E-state index contributed by atoms with van der Waals surface area (Å²) >= 11 is 9.16. The van der Waals surface area contributed by atoms with Crippen molar-refractivity contribution in [2.24, 2.45) is 0 Å². The largest absolute Gasteiger partial charge is 0.243 e. The van der Waals surface area contributed by atoms with Gasteiger partial charge in [-0.25, -0.2) is 8.42 Å². The van der Waals surface area contributed by atoms with Crippen LogP contribution in [-0.2, 0) is 10.0 Å². The zero-order valence-electron chi connectivity index (χ0n) is 10.1. The Morgan fingerprint density at radius 3 is 2.83 bits per heavy atom. The van der Waals surface area contributed by atoms with E-state index in [0.717, 1.165) is 19.3 Å². The van der Waals surface area contributed by atoms with Crippen LogP contribution < -0.4 is 0 Å². The maximum absolute atomic E-state index is 12.5. The van der Waals surface area contributed by atoms with Gasteiger partial charge in [-0.1, -0.05) is 18.5 Å². The predicted molar refractivity (Wildman–Crippen MR) is 76.4 cm³/mol. The third kappa shape index (κ3) is 2.59. The molecule has 0 N–H and O–H groups in total. The molecule has 1 aromatic carbocycles. The topological polar surface area (TPSA) is 37.4 Å². The van der Waals surface area contributed by atoms with E-state index in [1.807, 2.05) is 6.92 Å². The molecule has 1 aliphatic rings. The number of halogens is 2. The van der Waals surface area contributed by atoms with Crippen LogP contribution in [-0.4, -0.2) is 25.3 Å². The SMILES string of the molecule is CCC1CCCN1S(=O)(=O)c1ccc(Cl)c(Br)c1. The molecule has 1 aromatic rings. The molecule has 0 amide bonds. The van der Waals surface area contributed by atoms with Crippen LogP contribution in [0.4, 0.5) is 0 Å². The summed E-state index contributed by atoms with van der Waals surface area (Å²) in [7, 11) is -3.39. The van der Waals surface area contributed by atoms with Gasteiger partial charge in [0.15, 0.2) is 0 Å². The Bertz CT molecular complexity index is 547. The third-order valence-corrected chi connectivity index (χ3v) is 6.45. The highest BCUT2D eigenvalue weighted by Crippen LogP contribution is 2.31. The van der Waals surface area contributed by atoms with Crippen molar-refractivity contribution >= 4 is 37.6 Å². The fourth-order valence-corrected chi connectivity index (χ4v) is 4.75. The molecular weight excluding hydrogens is 338 g/mol. The first-order valence-electron chi connectivity index (χ1n) is 5.93. The second kappa shape index (κ2) is 5.49. The fourth-order valence-electron chi connectivity index (χ4n) is 2.31. The normalized spacial score (nSPS) is 21.4. The molecule has 1 saturated heterocycles. The van der Waals surface area contributed by atoms with E-state index in [2.05, 4.69) is 15.9 Å². The van der Waals surface area contributed by atoms with Crippen molar-refractivity contribution in [2.45, 2.75) is 37.1 Å². The van der Waals surface area contributed by atoms with Crippen molar-refractivity contribution in [3.8, 4) is 0 Å². The molecule has 0 saturated carbocycles. The Morgan fingerprint density at radius 1 is 1.50 bits per heavy atom. The number of rotatable bonds is 3. The molecule has 0 aromatic heterocycles. The van der Waals surface area contributed by atoms with Crippen LogP contribution in [0.15, 0.2) is 27.6 Å². The number of sulfonamides is 1. The Kier molecular flexibility index (Phi) is 4.36. The maximum atomic E-state index is 12.5. The number of hydrogen-bond donors (Lipinski definition) is 0. The smallest absolute Gasteiger partial charge is 0.207 e. The van der Waals surface area contributed by atoms with E-state index in [1.165, 1.54) is 0 Å². The summed E-state index contributed by atoms with van der Waals surface area (Å²) in [5, 5.41) is 0.516. The van der Waals surface area contributed by atoms with Gasteiger partial charge in [0, 0.05) is 17.1 Å². The van der Waals surface area contributed by atoms with Gasteiger partial charge in [-0.05, 0) is 53.4 Å². The monoisotopic (exact) mass is 351 g/mol. The van der Waals surface area contributed by atoms with Crippen LogP contribution in [0.3, 0.4) is 0 Å². The van der Waals surface area contributed by atoms with Crippen molar-refractivity contribution < 1.29 is 8.42 Å². The van der Waals surface area contributed by atoms with Crippen molar-refractivity contribution in [2.75, 3.05) is 6.54 Å².